The summed E-state index contributed by atoms with van der Waals surface area (Å²) in [7, 11) is 0. The Balaban J connectivity index is 1.68. The van der Waals surface area contributed by atoms with Gasteiger partial charge in [-0.15, -0.1) is 0 Å². The summed E-state index contributed by atoms with van der Waals surface area (Å²) in [6.45, 7) is 2.22. The van der Waals surface area contributed by atoms with Gasteiger partial charge in [-0.05, 0) is 46.0 Å². The first-order valence-corrected chi connectivity index (χ1v) is 11.7. The molecule has 0 fully saturated rings. The Hall–Kier alpha value is -4.43. The highest BCUT2D eigenvalue weighted by molar-refractivity contribution is 6.14. The molecule has 2 aromatic heterocycles. The molecular formula is C32H22N2. The third kappa shape index (κ3) is 2.72. The predicted octanol–water partition coefficient (Wildman–Crippen LogP) is 8.44. The van der Waals surface area contributed by atoms with Crippen LogP contribution in [0.4, 0.5) is 0 Å². The van der Waals surface area contributed by atoms with Crippen molar-refractivity contribution in [2.24, 2.45) is 0 Å². The van der Waals surface area contributed by atoms with Crippen LogP contribution < -0.4 is 0 Å². The molecule has 7 rings (SSSR count). The number of rotatable bonds is 2. The minimum Gasteiger partial charge on any atom is -0.232 e. The molecule has 0 saturated heterocycles. The van der Waals surface area contributed by atoms with Gasteiger partial charge in [-0.25, -0.2) is 4.52 Å². The molecule has 2 heterocycles. The second-order valence-corrected chi connectivity index (χ2v) is 8.91. The average molecular weight is 435 g/mol. The van der Waals surface area contributed by atoms with Crippen molar-refractivity contribution < 1.29 is 0 Å². The number of nitrogens with zero attached hydrogens (tertiary/aromatic N) is 2. The molecule has 0 bridgehead atoms. The van der Waals surface area contributed by atoms with E-state index in [1.807, 2.05) is 0 Å². The molecule has 0 unspecified atom stereocenters. The highest BCUT2D eigenvalue weighted by atomic mass is 15.2. The first-order chi connectivity index (χ1) is 16.8. The smallest absolute Gasteiger partial charge is 0.0975 e. The fourth-order valence-electron chi connectivity index (χ4n) is 5.35. The number of hydrogen-bond acceptors (Lipinski definition) is 1. The summed E-state index contributed by atoms with van der Waals surface area (Å²) in [6, 6.07) is 41.0. The molecule has 0 saturated carbocycles. The fraction of sp³-hybridized carbons (Fsp3) is 0.0312. The molecular weight excluding hydrogens is 412 g/mol. The van der Waals surface area contributed by atoms with Crippen LogP contribution in [0, 0.1) is 6.92 Å². The molecule has 7 aromatic rings. The van der Waals surface area contributed by atoms with Crippen LogP contribution in [-0.2, 0) is 0 Å². The maximum absolute atomic E-state index is 5.33. The van der Waals surface area contributed by atoms with Crippen molar-refractivity contribution in [1.29, 1.82) is 0 Å². The molecule has 2 nitrogen and oxygen atoms in total. The Bertz CT molecular complexity index is 1810. The molecule has 5 aromatic carbocycles. The summed E-state index contributed by atoms with van der Waals surface area (Å²) >= 11 is 0. The fourth-order valence-corrected chi connectivity index (χ4v) is 5.35. The third-order valence-corrected chi connectivity index (χ3v) is 6.94. The summed E-state index contributed by atoms with van der Waals surface area (Å²) < 4.78 is 2.15. The predicted molar refractivity (Wildman–Crippen MR) is 143 cm³/mol. The largest absolute Gasteiger partial charge is 0.232 e. The average Bonchev–Trinajstić information content (AvgIpc) is 3.24. The summed E-state index contributed by atoms with van der Waals surface area (Å²) in [5.41, 5.74) is 6.89. The first kappa shape index (κ1) is 19.1. The Labute approximate surface area is 197 Å². The summed E-state index contributed by atoms with van der Waals surface area (Å²) in [4.78, 5) is 0. The highest BCUT2D eigenvalue weighted by Gasteiger charge is 2.20. The zero-order valence-corrected chi connectivity index (χ0v) is 18.9. The molecule has 160 valence electrons. The van der Waals surface area contributed by atoms with Crippen LogP contribution in [0.1, 0.15) is 5.56 Å². The van der Waals surface area contributed by atoms with Crippen molar-refractivity contribution in [3.05, 3.63) is 121 Å². The van der Waals surface area contributed by atoms with E-state index >= 15 is 0 Å². The summed E-state index contributed by atoms with van der Waals surface area (Å²) in [6.07, 6.45) is 0. The maximum atomic E-state index is 5.33. The van der Waals surface area contributed by atoms with Gasteiger partial charge in [0.05, 0.1) is 16.9 Å². The first-order valence-electron chi connectivity index (χ1n) is 11.7. The lowest BCUT2D eigenvalue weighted by molar-refractivity contribution is 0.981. The van der Waals surface area contributed by atoms with Gasteiger partial charge in [-0.2, -0.15) is 5.10 Å². The van der Waals surface area contributed by atoms with E-state index < -0.39 is 0 Å². The quantitative estimate of drug-likeness (QED) is 0.250. The van der Waals surface area contributed by atoms with E-state index in [1.54, 1.807) is 0 Å². The molecule has 0 atom stereocenters. The van der Waals surface area contributed by atoms with Crippen molar-refractivity contribution in [3.8, 4) is 22.5 Å². The molecule has 0 aliphatic carbocycles. The van der Waals surface area contributed by atoms with Gasteiger partial charge in [0, 0.05) is 22.1 Å². The van der Waals surface area contributed by atoms with Gasteiger partial charge in [-0.3, -0.25) is 0 Å². The normalized spacial score (nSPS) is 11.7. The highest BCUT2D eigenvalue weighted by Crippen LogP contribution is 2.40. The van der Waals surface area contributed by atoms with Crippen LogP contribution in [0.5, 0.6) is 0 Å². The molecule has 0 aliphatic rings. The second kappa shape index (κ2) is 7.29. The maximum Gasteiger partial charge on any atom is 0.0975 e. The minimum atomic E-state index is 1.04. The summed E-state index contributed by atoms with van der Waals surface area (Å²) in [5.74, 6) is 0. The van der Waals surface area contributed by atoms with E-state index in [2.05, 4.69) is 127 Å². The van der Waals surface area contributed by atoms with Crippen LogP contribution in [0.2, 0.25) is 0 Å². The van der Waals surface area contributed by atoms with Crippen molar-refractivity contribution in [2.45, 2.75) is 6.92 Å². The van der Waals surface area contributed by atoms with Crippen LogP contribution in [-0.4, -0.2) is 9.61 Å². The van der Waals surface area contributed by atoms with E-state index in [4.69, 9.17) is 5.10 Å². The number of aromatic nitrogens is 2. The lowest BCUT2D eigenvalue weighted by Gasteiger charge is -2.10. The van der Waals surface area contributed by atoms with Crippen molar-refractivity contribution >= 4 is 37.8 Å². The lowest BCUT2D eigenvalue weighted by Crippen LogP contribution is -1.95. The zero-order valence-electron chi connectivity index (χ0n) is 18.9. The van der Waals surface area contributed by atoms with Crippen LogP contribution >= 0.6 is 0 Å². The van der Waals surface area contributed by atoms with Gasteiger partial charge in [0.25, 0.3) is 0 Å². The number of pyridine rings is 1. The molecule has 0 N–H and O–H groups in total. The number of aryl methyl sites for hydroxylation is 1. The molecule has 0 amide bonds. The topological polar surface area (TPSA) is 17.3 Å². The molecule has 0 spiro atoms. The van der Waals surface area contributed by atoms with Gasteiger partial charge >= 0.3 is 0 Å². The van der Waals surface area contributed by atoms with E-state index in [-0.39, 0.29) is 0 Å². The SMILES string of the molecule is Cc1c(-c2c3ccccc3cc3ccccc23)nn2c(-c3ccccc3)cc3ccccc3c12. The molecule has 34 heavy (non-hydrogen) atoms. The Kier molecular flexibility index (Phi) is 4.09. The number of hydrogen-bond donors (Lipinski definition) is 0. The van der Waals surface area contributed by atoms with Gasteiger partial charge in [0.15, 0.2) is 0 Å². The van der Waals surface area contributed by atoms with E-state index in [1.165, 1.54) is 49.0 Å². The molecule has 0 radical (unpaired) electrons. The Morgan fingerprint density at radius 2 is 1.09 bits per heavy atom. The van der Waals surface area contributed by atoms with Crippen molar-refractivity contribution in [1.82, 2.24) is 9.61 Å². The molecule has 0 aliphatic heterocycles. The van der Waals surface area contributed by atoms with E-state index in [0.29, 0.717) is 0 Å². The van der Waals surface area contributed by atoms with Crippen LogP contribution in [0.3, 0.4) is 0 Å². The lowest BCUT2D eigenvalue weighted by atomic mass is 9.93. The molecule has 2 heteroatoms. The monoisotopic (exact) mass is 434 g/mol. The number of benzene rings is 5. The van der Waals surface area contributed by atoms with E-state index in [9.17, 15) is 0 Å². The summed E-state index contributed by atoms with van der Waals surface area (Å²) in [5, 5.41) is 12.7. The standard InChI is InChI=1S/C32H22N2/c1-21-31(30-26-16-8-5-13-23(26)19-24-14-6-9-17-27(24)30)33-34-29(22-11-3-2-4-12-22)20-25-15-7-10-18-28(25)32(21)34/h2-20H,1H3. The van der Waals surface area contributed by atoms with Gasteiger partial charge in [-0.1, -0.05) is 103 Å². The Morgan fingerprint density at radius 3 is 1.74 bits per heavy atom. The second-order valence-electron chi connectivity index (χ2n) is 8.91. The van der Waals surface area contributed by atoms with Crippen LogP contribution in [0.15, 0.2) is 115 Å². The third-order valence-electron chi connectivity index (χ3n) is 6.94. The van der Waals surface area contributed by atoms with E-state index in [0.717, 1.165) is 17.0 Å². The number of fused-ring (bicyclic) bond motifs is 5. The zero-order chi connectivity index (χ0) is 22.6. The van der Waals surface area contributed by atoms with Crippen molar-refractivity contribution in [2.75, 3.05) is 0 Å². The minimum absolute atomic E-state index is 1.04. The Morgan fingerprint density at radius 1 is 0.559 bits per heavy atom. The van der Waals surface area contributed by atoms with Crippen LogP contribution in [0.25, 0.3) is 60.3 Å². The van der Waals surface area contributed by atoms with Gasteiger partial charge in [0.2, 0.25) is 0 Å². The van der Waals surface area contributed by atoms with Gasteiger partial charge in [0.1, 0.15) is 0 Å². The van der Waals surface area contributed by atoms with Gasteiger partial charge < -0.3 is 0 Å². The van der Waals surface area contributed by atoms with Crippen molar-refractivity contribution in [3.63, 3.8) is 0 Å².